The molecule has 0 aliphatic heterocycles. The van der Waals surface area contributed by atoms with Gasteiger partial charge >= 0.3 is 6.01 Å². The minimum Gasteiger partial charge on any atom is -0.497 e. The van der Waals surface area contributed by atoms with E-state index in [1.54, 1.807) is 7.11 Å². The summed E-state index contributed by atoms with van der Waals surface area (Å²) >= 11 is 0. The molecule has 0 aliphatic carbocycles. The van der Waals surface area contributed by atoms with Gasteiger partial charge in [0.2, 0.25) is 5.82 Å². The first-order valence-electron chi connectivity index (χ1n) is 8.32. The number of nitrogens with zero attached hydrogens (tertiary/aromatic N) is 4. The van der Waals surface area contributed by atoms with Crippen molar-refractivity contribution < 1.29 is 13.9 Å². The van der Waals surface area contributed by atoms with Crippen LogP contribution in [-0.2, 0) is 6.61 Å². The maximum absolute atomic E-state index is 13.8. The molecule has 0 N–H and O–H groups in total. The number of methoxy groups -OCH3 is 1. The van der Waals surface area contributed by atoms with E-state index in [1.165, 1.54) is 0 Å². The number of rotatable bonds is 9. The third-order valence-electron chi connectivity index (χ3n) is 3.87. The van der Waals surface area contributed by atoms with Crippen molar-refractivity contribution in [2.45, 2.75) is 33.3 Å². The Labute approximate surface area is 147 Å². The highest BCUT2D eigenvalue weighted by Gasteiger charge is 2.08. The SMILES string of the molecule is CCC(CC)CN=Nc1nc(OCc2cccc(OC)c2)ncc1F. The Hall–Kier alpha value is -2.57. The first-order chi connectivity index (χ1) is 12.2. The van der Waals surface area contributed by atoms with Crippen LogP contribution in [0.4, 0.5) is 10.2 Å². The zero-order chi connectivity index (χ0) is 18.1. The second-order valence-electron chi connectivity index (χ2n) is 5.57. The van der Waals surface area contributed by atoms with Gasteiger partial charge in [-0.15, -0.1) is 5.11 Å². The van der Waals surface area contributed by atoms with Gasteiger partial charge in [0.1, 0.15) is 12.4 Å². The summed E-state index contributed by atoms with van der Waals surface area (Å²) < 4.78 is 24.4. The molecule has 25 heavy (non-hydrogen) atoms. The monoisotopic (exact) mass is 346 g/mol. The summed E-state index contributed by atoms with van der Waals surface area (Å²) in [6, 6.07) is 7.50. The molecule has 1 aromatic carbocycles. The summed E-state index contributed by atoms with van der Waals surface area (Å²) in [5, 5.41) is 7.93. The second-order valence-corrected chi connectivity index (χ2v) is 5.57. The number of halogens is 1. The van der Waals surface area contributed by atoms with E-state index in [-0.39, 0.29) is 18.4 Å². The van der Waals surface area contributed by atoms with E-state index in [0.29, 0.717) is 12.5 Å². The van der Waals surface area contributed by atoms with Gasteiger partial charge in [-0.1, -0.05) is 38.8 Å². The number of hydrogen-bond acceptors (Lipinski definition) is 6. The first kappa shape index (κ1) is 18.8. The summed E-state index contributed by atoms with van der Waals surface area (Å²) in [6.45, 7) is 4.99. The molecule has 2 aromatic rings. The molecular weight excluding hydrogens is 323 g/mol. The van der Waals surface area contributed by atoms with Crippen molar-refractivity contribution in [2.24, 2.45) is 16.1 Å². The van der Waals surface area contributed by atoms with Crippen LogP contribution in [0.3, 0.4) is 0 Å². The van der Waals surface area contributed by atoms with Crippen molar-refractivity contribution in [2.75, 3.05) is 13.7 Å². The lowest BCUT2D eigenvalue weighted by molar-refractivity contribution is 0.279. The van der Waals surface area contributed by atoms with Crippen LogP contribution in [0.25, 0.3) is 0 Å². The van der Waals surface area contributed by atoms with Crippen LogP contribution in [0.15, 0.2) is 40.7 Å². The Kier molecular flexibility index (Phi) is 7.25. The molecule has 0 spiro atoms. The highest BCUT2D eigenvalue weighted by molar-refractivity contribution is 5.29. The van der Waals surface area contributed by atoms with E-state index in [0.717, 1.165) is 30.4 Å². The Morgan fingerprint density at radius 1 is 1.24 bits per heavy atom. The fourth-order valence-electron chi connectivity index (χ4n) is 2.16. The average Bonchev–Trinajstić information content (AvgIpc) is 2.65. The van der Waals surface area contributed by atoms with Crippen molar-refractivity contribution in [3.8, 4) is 11.8 Å². The van der Waals surface area contributed by atoms with Crippen molar-refractivity contribution in [1.29, 1.82) is 0 Å². The fourth-order valence-corrected chi connectivity index (χ4v) is 2.16. The zero-order valence-electron chi connectivity index (χ0n) is 14.8. The molecule has 0 fully saturated rings. The minimum absolute atomic E-state index is 0.0562. The van der Waals surface area contributed by atoms with E-state index in [2.05, 4.69) is 34.0 Å². The Balaban J connectivity index is 2.01. The molecule has 0 atom stereocenters. The smallest absolute Gasteiger partial charge is 0.318 e. The summed E-state index contributed by atoms with van der Waals surface area (Å²) in [5.41, 5.74) is 0.893. The second kappa shape index (κ2) is 9.66. The molecule has 1 aromatic heterocycles. The molecule has 0 aliphatic rings. The largest absolute Gasteiger partial charge is 0.497 e. The van der Waals surface area contributed by atoms with Crippen LogP contribution in [-0.4, -0.2) is 23.6 Å². The lowest BCUT2D eigenvalue weighted by atomic mass is 10.0. The average molecular weight is 346 g/mol. The van der Waals surface area contributed by atoms with Crippen LogP contribution in [0.2, 0.25) is 0 Å². The summed E-state index contributed by atoms with van der Waals surface area (Å²) in [7, 11) is 1.60. The van der Waals surface area contributed by atoms with Crippen LogP contribution < -0.4 is 9.47 Å². The number of benzene rings is 1. The lowest BCUT2D eigenvalue weighted by Gasteiger charge is -2.07. The molecule has 0 bridgehead atoms. The molecular formula is C18H23FN4O2. The van der Waals surface area contributed by atoms with E-state index in [9.17, 15) is 4.39 Å². The number of aromatic nitrogens is 2. The zero-order valence-corrected chi connectivity index (χ0v) is 14.8. The molecule has 7 heteroatoms. The number of hydrogen-bond donors (Lipinski definition) is 0. The van der Waals surface area contributed by atoms with Gasteiger partial charge in [-0.25, -0.2) is 9.37 Å². The normalized spacial score (nSPS) is 11.2. The van der Waals surface area contributed by atoms with Crippen molar-refractivity contribution in [3.63, 3.8) is 0 Å². The molecule has 2 rings (SSSR count). The number of ether oxygens (including phenoxy) is 2. The quantitative estimate of drug-likeness (QED) is 0.616. The van der Waals surface area contributed by atoms with Gasteiger partial charge in [0, 0.05) is 0 Å². The van der Waals surface area contributed by atoms with Gasteiger partial charge in [-0.05, 0) is 23.6 Å². The third kappa shape index (κ3) is 5.77. The van der Waals surface area contributed by atoms with Crippen molar-refractivity contribution >= 4 is 5.82 Å². The molecule has 134 valence electrons. The third-order valence-corrected chi connectivity index (χ3v) is 3.87. The number of azo groups is 1. The molecule has 0 unspecified atom stereocenters. The van der Waals surface area contributed by atoms with Crippen molar-refractivity contribution in [3.05, 3.63) is 41.8 Å². The molecule has 0 saturated heterocycles. The lowest BCUT2D eigenvalue weighted by Crippen LogP contribution is -2.01. The maximum atomic E-state index is 13.8. The summed E-state index contributed by atoms with van der Waals surface area (Å²) in [5.74, 6) is 0.443. The van der Waals surface area contributed by atoms with Gasteiger partial charge in [0.25, 0.3) is 0 Å². The van der Waals surface area contributed by atoms with E-state index in [4.69, 9.17) is 9.47 Å². The summed E-state index contributed by atoms with van der Waals surface area (Å²) in [6.07, 6.45) is 3.06. The molecule has 1 heterocycles. The standard InChI is InChI=1S/C18H23FN4O2/c1-4-13(5-2)10-21-23-17-16(19)11-20-18(22-17)25-12-14-7-6-8-15(9-14)24-3/h6-9,11,13H,4-5,10,12H2,1-3H3. The topological polar surface area (TPSA) is 69.0 Å². The molecule has 6 nitrogen and oxygen atoms in total. The predicted octanol–water partition coefficient (Wildman–Crippen LogP) is 4.72. The van der Waals surface area contributed by atoms with Crippen LogP contribution >= 0.6 is 0 Å². The predicted molar refractivity (Wildman–Crippen MR) is 92.8 cm³/mol. The molecule has 0 saturated carbocycles. The summed E-state index contributed by atoms with van der Waals surface area (Å²) in [4.78, 5) is 7.81. The fraction of sp³-hybridized carbons (Fsp3) is 0.444. The van der Waals surface area contributed by atoms with E-state index >= 15 is 0 Å². The Morgan fingerprint density at radius 2 is 2.04 bits per heavy atom. The van der Waals surface area contributed by atoms with E-state index < -0.39 is 5.82 Å². The van der Waals surface area contributed by atoms with Crippen LogP contribution in [0, 0.1) is 11.7 Å². The van der Waals surface area contributed by atoms with Crippen LogP contribution in [0.5, 0.6) is 11.8 Å². The molecule has 0 amide bonds. The van der Waals surface area contributed by atoms with Gasteiger partial charge in [0.05, 0.1) is 19.9 Å². The Bertz CT molecular complexity index is 705. The molecule has 0 radical (unpaired) electrons. The van der Waals surface area contributed by atoms with Gasteiger partial charge in [-0.3, -0.25) is 0 Å². The highest BCUT2D eigenvalue weighted by Crippen LogP contribution is 2.19. The maximum Gasteiger partial charge on any atom is 0.318 e. The first-order valence-corrected chi connectivity index (χ1v) is 8.32. The Morgan fingerprint density at radius 3 is 2.76 bits per heavy atom. The highest BCUT2D eigenvalue weighted by atomic mass is 19.1. The van der Waals surface area contributed by atoms with Crippen molar-refractivity contribution in [1.82, 2.24) is 9.97 Å². The van der Waals surface area contributed by atoms with Gasteiger partial charge in [-0.2, -0.15) is 10.1 Å². The minimum atomic E-state index is -0.623. The van der Waals surface area contributed by atoms with Gasteiger partial charge in [0.15, 0.2) is 5.82 Å². The van der Waals surface area contributed by atoms with Gasteiger partial charge < -0.3 is 9.47 Å². The van der Waals surface area contributed by atoms with E-state index in [1.807, 2.05) is 24.3 Å². The van der Waals surface area contributed by atoms with Crippen LogP contribution in [0.1, 0.15) is 32.3 Å².